The van der Waals surface area contributed by atoms with Gasteiger partial charge < -0.3 is 0 Å². The van der Waals surface area contributed by atoms with Crippen LogP contribution >= 0.6 is 0 Å². The molecule has 1 aromatic carbocycles. The Hall–Kier alpha value is -1.51. The van der Waals surface area contributed by atoms with Crippen molar-refractivity contribution in [3.05, 3.63) is 48.1 Å². The van der Waals surface area contributed by atoms with Crippen molar-refractivity contribution in [2.75, 3.05) is 0 Å². The summed E-state index contributed by atoms with van der Waals surface area (Å²) in [6.07, 6.45) is 0.772. The maximum absolute atomic E-state index is 12.9. The molecule has 0 spiro atoms. The van der Waals surface area contributed by atoms with Crippen molar-refractivity contribution in [3.63, 3.8) is 0 Å². The van der Waals surface area contributed by atoms with Crippen molar-refractivity contribution < 1.29 is 13.6 Å². The Morgan fingerprint density at radius 3 is 2.38 bits per heavy atom. The van der Waals surface area contributed by atoms with Crippen molar-refractivity contribution in [3.8, 4) is 0 Å². The van der Waals surface area contributed by atoms with Gasteiger partial charge in [0.25, 0.3) is 0 Å². The Labute approximate surface area is 74.7 Å². The fraction of sp³-hybridized carbons (Fsp3) is 0.100. The van der Waals surface area contributed by atoms with E-state index in [0.29, 0.717) is 0 Å². The highest BCUT2D eigenvalue weighted by Crippen LogP contribution is 2.12. The van der Waals surface area contributed by atoms with Crippen molar-refractivity contribution >= 4 is 5.78 Å². The van der Waals surface area contributed by atoms with Gasteiger partial charge in [0.1, 0.15) is 11.6 Å². The summed E-state index contributed by atoms with van der Waals surface area (Å²) in [4.78, 5) is 10.8. The van der Waals surface area contributed by atoms with Gasteiger partial charge in [0, 0.05) is 12.0 Å². The highest BCUT2D eigenvalue weighted by Gasteiger charge is 2.10. The summed E-state index contributed by atoms with van der Waals surface area (Å²) in [7, 11) is 0. The fourth-order valence-electron chi connectivity index (χ4n) is 0.948. The van der Waals surface area contributed by atoms with E-state index in [1.54, 1.807) is 0 Å². The zero-order valence-electron chi connectivity index (χ0n) is 6.89. The number of carbonyl (C=O) groups excluding carboxylic acids is 1. The van der Waals surface area contributed by atoms with Crippen LogP contribution in [0.1, 0.15) is 5.56 Å². The molecule has 0 saturated heterocycles. The highest BCUT2D eigenvalue weighted by molar-refractivity contribution is 5.90. The van der Waals surface area contributed by atoms with E-state index < -0.39 is 17.4 Å². The van der Waals surface area contributed by atoms with Gasteiger partial charge in [-0.3, -0.25) is 4.79 Å². The maximum Gasteiger partial charge on any atom is 0.159 e. The molecule has 0 amide bonds. The molecule has 0 aliphatic carbocycles. The van der Waals surface area contributed by atoms with Crippen LogP contribution in [0.4, 0.5) is 8.78 Å². The largest absolute Gasteiger partial charge is 0.295 e. The minimum absolute atomic E-state index is 0.201. The summed E-state index contributed by atoms with van der Waals surface area (Å²) < 4.78 is 25.8. The summed E-state index contributed by atoms with van der Waals surface area (Å²) in [6.45, 7) is 3.22. The van der Waals surface area contributed by atoms with Crippen molar-refractivity contribution in [1.29, 1.82) is 0 Å². The van der Waals surface area contributed by atoms with Crippen molar-refractivity contribution in [2.24, 2.45) is 0 Å². The second kappa shape index (κ2) is 3.94. The van der Waals surface area contributed by atoms with Gasteiger partial charge >= 0.3 is 0 Å². The zero-order chi connectivity index (χ0) is 9.84. The molecule has 0 fully saturated rings. The Kier molecular flexibility index (Phi) is 2.90. The molecule has 0 unspecified atom stereocenters. The molecule has 68 valence electrons. The van der Waals surface area contributed by atoms with Crippen LogP contribution in [0.25, 0.3) is 0 Å². The number of ketones is 1. The highest BCUT2D eigenvalue weighted by atomic mass is 19.1. The van der Waals surface area contributed by atoms with E-state index in [1.165, 1.54) is 6.07 Å². The SMILES string of the molecule is C=CC(=O)Cc1c(F)cccc1F. The van der Waals surface area contributed by atoms with Crippen LogP contribution in [0.3, 0.4) is 0 Å². The van der Waals surface area contributed by atoms with Gasteiger partial charge in [-0.1, -0.05) is 12.6 Å². The number of allylic oxidation sites excluding steroid dienone is 1. The van der Waals surface area contributed by atoms with Crippen LogP contribution in [-0.2, 0) is 11.2 Å². The molecule has 0 bridgehead atoms. The minimum Gasteiger partial charge on any atom is -0.295 e. The molecular formula is C10H8F2O. The van der Waals surface area contributed by atoms with Crippen LogP contribution in [-0.4, -0.2) is 5.78 Å². The molecular weight excluding hydrogens is 174 g/mol. The predicted molar refractivity (Wildman–Crippen MR) is 45.3 cm³/mol. The average Bonchev–Trinajstić information content (AvgIpc) is 2.11. The van der Waals surface area contributed by atoms with Gasteiger partial charge in [-0.15, -0.1) is 0 Å². The molecule has 13 heavy (non-hydrogen) atoms. The molecule has 0 aromatic heterocycles. The predicted octanol–water partition coefficient (Wildman–Crippen LogP) is 2.26. The molecule has 0 aliphatic rings. The lowest BCUT2D eigenvalue weighted by atomic mass is 10.1. The van der Waals surface area contributed by atoms with Gasteiger partial charge in [-0.2, -0.15) is 0 Å². The molecule has 0 radical (unpaired) electrons. The lowest BCUT2D eigenvalue weighted by Crippen LogP contribution is -2.03. The first-order chi connectivity index (χ1) is 6.15. The van der Waals surface area contributed by atoms with Crippen molar-refractivity contribution in [1.82, 2.24) is 0 Å². The van der Waals surface area contributed by atoms with E-state index in [-0.39, 0.29) is 12.0 Å². The van der Waals surface area contributed by atoms with Crippen LogP contribution in [0, 0.1) is 11.6 Å². The van der Waals surface area contributed by atoms with E-state index >= 15 is 0 Å². The van der Waals surface area contributed by atoms with Crippen molar-refractivity contribution in [2.45, 2.75) is 6.42 Å². The molecule has 3 heteroatoms. The summed E-state index contributed by atoms with van der Waals surface area (Å²) in [5.74, 6) is -1.80. The molecule has 1 rings (SSSR count). The third-order valence-corrected chi connectivity index (χ3v) is 1.64. The van der Waals surface area contributed by atoms with E-state index in [0.717, 1.165) is 18.2 Å². The van der Waals surface area contributed by atoms with Crippen LogP contribution in [0.2, 0.25) is 0 Å². The smallest absolute Gasteiger partial charge is 0.159 e. The standard InChI is InChI=1S/C10H8F2O/c1-2-7(13)6-8-9(11)4-3-5-10(8)12/h2-5H,1,6H2. The van der Waals surface area contributed by atoms with E-state index in [9.17, 15) is 13.6 Å². The molecule has 1 nitrogen and oxygen atoms in total. The monoisotopic (exact) mass is 182 g/mol. The number of hydrogen-bond donors (Lipinski definition) is 0. The normalized spacial score (nSPS) is 9.69. The summed E-state index contributed by atoms with van der Waals surface area (Å²) in [6, 6.07) is 3.50. The maximum atomic E-state index is 12.9. The molecule has 0 saturated carbocycles. The van der Waals surface area contributed by atoms with Crippen LogP contribution < -0.4 is 0 Å². The molecule has 0 heterocycles. The molecule has 0 N–H and O–H groups in total. The second-order valence-electron chi connectivity index (χ2n) is 2.55. The number of rotatable bonds is 3. The fourth-order valence-corrected chi connectivity index (χ4v) is 0.948. The number of hydrogen-bond acceptors (Lipinski definition) is 1. The first-order valence-electron chi connectivity index (χ1n) is 3.73. The topological polar surface area (TPSA) is 17.1 Å². The second-order valence-corrected chi connectivity index (χ2v) is 2.55. The average molecular weight is 182 g/mol. The van der Waals surface area contributed by atoms with Crippen LogP contribution in [0.5, 0.6) is 0 Å². The lowest BCUT2D eigenvalue weighted by molar-refractivity contribution is -0.114. The Morgan fingerprint density at radius 1 is 1.38 bits per heavy atom. The minimum atomic E-state index is -0.699. The molecule has 1 aromatic rings. The lowest BCUT2D eigenvalue weighted by Gasteiger charge is -2.00. The molecule has 0 atom stereocenters. The van der Waals surface area contributed by atoms with Gasteiger partial charge in [-0.05, 0) is 18.2 Å². The van der Waals surface area contributed by atoms with Crippen LogP contribution in [0.15, 0.2) is 30.9 Å². The van der Waals surface area contributed by atoms with E-state index in [4.69, 9.17) is 0 Å². The van der Waals surface area contributed by atoms with Gasteiger partial charge in [0.05, 0.1) is 0 Å². The third-order valence-electron chi connectivity index (χ3n) is 1.64. The Balaban J connectivity index is 2.99. The van der Waals surface area contributed by atoms with E-state index in [1.807, 2.05) is 0 Å². The van der Waals surface area contributed by atoms with Gasteiger partial charge in [-0.25, -0.2) is 8.78 Å². The number of carbonyl (C=O) groups is 1. The first kappa shape index (κ1) is 9.58. The summed E-state index contributed by atoms with van der Waals surface area (Å²) in [5.41, 5.74) is -0.201. The summed E-state index contributed by atoms with van der Waals surface area (Å²) in [5, 5.41) is 0. The number of halogens is 2. The van der Waals surface area contributed by atoms with E-state index in [2.05, 4.69) is 6.58 Å². The number of benzene rings is 1. The zero-order valence-corrected chi connectivity index (χ0v) is 6.89. The molecule has 0 aliphatic heterocycles. The third kappa shape index (κ3) is 2.21. The van der Waals surface area contributed by atoms with Gasteiger partial charge in [0.15, 0.2) is 5.78 Å². The Morgan fingerprint density at radius 2 is 1.92 bits per heavy atom. The Bertz CT molecular complexity index is 325. The summed E-state index contributed by atoms with van der Waals surface area (Å²) >= 11 is 0. The first-order valence-corrected chi connectivity index (χ1v) is 3.73. The van der Waals surface area contributed by atoms with Gasteiger partial charge in [0.2, 0.25) is 0 Å². The quantitative estimate of drug-likeness (QED) is 0.655.